The number of anilines is 1. The van der Waals surface area contributed by atoms with Gasteiger partial charge >= 0.3 is 0 Å². The number of likely N-dealkylation sites (tertiary alicyclic amines) is 1. The van der Waals surface area contributed by atoms with Crippen LogP contribution in [0.2, 0.25) is 5.02 Å². The Morgan fingerprint density at radius 3 is 2.46 bits per heavy atom. The van der Waals surface area contributed by atoms with E-state index in [2.05, 4.69) is 11.9 Å². The van der Waals surface area contributed by atoms with Crippen LogP contribution in [0.4, 0.5) is 5.69 Å². The normalized spacial score (nSPS) is 15.5. The van der Waals surface area contributed by atoms with Crippen molar-refractivity contribution in [3.8, 4) is 0 Å². The Balaban J connectivity index is 1.73. The third-order valence-electron chi connectivity index (χ3n) is 6.86. The van der Waals surface area contributed by atoms with E-state index in [9.17, 15) is 13.2 Å². The maximum Gasteiger partial charge on any atom is 0.264 e. The molecule has 0 aliphatic carbocycles. The van der Waals surface area contributed by atoms with Crippen LogP contribution in [0.25, 0.3) is 6.08 Å². The van der Waals surface area contributed by atoms with Crippen molar-refractivity contribution in [2.24, 2.45) is 5.92 Å². The van der Waals surface area contributed by atoms with E-state index in [1.165, 1.54) is 30.3 Å². The highest BCUT2D eigenvalue weighted by Crippen LogP contribution is 2.30. The van der Waals surface area contributed by atoms with Gasteiger partial charge in [0, 0.05) is 31.7 Å². The van der Waals surface area contributed by atoms with E-state index in [-0.39, 0.29) is 10.8 Å². The average Bonchev–Trinajstić information content (AvgIpc) is 2.83. The number of rotatable bonds is 8. The highest BCUT2D eigenvalue weighted by atomic mass is 35.5. The first kappa shape index (κ1) is 27.2. The van der Waals surface area contributed by atoms with Crippen molar-refractivity contribution in [3.63, 3.8) is 0 Å². The van der Waals surface area contributed by atoms with Crippen LogP contribution in [0.5, 0.6) is 0 Å². The van der Waals surface area contributed by atoms with E-state index < -0.39 is 10.0 Å². The zero-order chi connectivity index (χ0) is 25.8. The predicted molar refractivity (Wildman–Crippen MR) is 144 cm³/mol. The number of sulfonamides is 1. The molecule has 35 heavy (non-hydrogen) atoms. The fourth-order valence-corrected chi connectivity index (χ4v) is 6.08. The molecule has 1 aliphatic heterocycles. The molecule has 0 N–H and O–H groups in total. The van der Waals surface area contributed by atoms with E-state index in [1.807, 2.05) is 19.2 Å². The zero-order valence-corrected chi connectivity index (χ0v) is 22.9. The van der Waals surface area contributed by atoms with Gasteiger partial charge in [0.25, 0.3) is 10.0 Å². The van der Waals surface area contributed by atoms with Gasteiger partial charge in [0.15, 0.2) is 0 Å². The van der Waals surface area contributed by atoms with Gasteiger partial charge in [-0.15, -0.1) is 0 Å². The lowest BCUT2D eigenvalue weighted by molar-refractivity contribution is -0.124. The minimum Gasteiger partial charge on any atom is -0.342 e. The maximum absolute atomic E-state index is 13.5. The van der Waals surface area contributed by atoms with Crippen LogP contribution in [0.15, 0.2) is 47.4 Å². The van der Waals surface area contributed by atoms with E-state index in [4.69, 9.17) is 11.6 Å². The number of hydrogen-bond acceptors (Lipinski definition) is 4. The van der Waals surface area contributed by atoms with Gasteiger partial charge < -0.3 is 9.80 Å². The Kier molecular flexibility index (Phi) is 9.02. The monoisotopic (exact) mass is 517 g/mol. The number of piperidine rings is 1. The first-order valence-electron chi connectivity index (χ1n) is 12.0. The predicted octanol–water partition coefficient (Wildman–Crippen LogP) is 4.99. The number of hydrogen-bond donors (Lipinski definition) is 0. The third-order valence-corrected chi connectivity index (χ3v) is 9.18. The second-order valence-corrected chi connectivity index (χ2v) is 11.9. The van der Waals surface area contributed by atoms with E-state index >= 15 is 0 Å². The molecule has 1 aliphatic rings. The fraction of sp³-hybridized carbons (Fsp3) is 0.444. The van der Waals surface area contributed by atoms with Gasteiger partial charge in [0.2, 0.25) is 5.91 Å². The molecule has 3 rings (SSSR count). The Labute approximate surface area is 215 Å². The molecule has 1 fully saturated rings. The summed E-state index contributed by atoms with van der Waals surface area (Å²) in [5.41, 5.74) is 2.43. The Morgan fingerprint density at radius 1 is 1.11 bits per heavy atom. The summed E-state index contributed by atoms with van der Waals surface area (Å²) in [6.45, 7) is 6.46. The summed E-state index contributed by atoms with van der Waals surface area (Å²) < 4.78 is 28.2. The van der Waals surface area contributed by atoms with Crippen molar-refractivity contribution in [1.82, 2.24) is 9.80 Å². The van der Waals surface area contributed by atoms with Crippen molar-refractivity contribution < 1.29 is 13.2 Å². The molecule has 1 amide bonds. The highest BCUT2D eigenvalue weighted by molar-refractivity contribution is 7.92. The van der Waals surface area contributed by atoms with Crippen molar-refractivity contribution in [2.45, 2.75) is 38.0 Å². The number of aryl methyl sites for hydroxylation is 2. The largest absolute Gasteiger partial charge is 0.342 e. The number of carbonyl (C=O) groups is 1. The van der Waals surface area contributed by atoms with Crippen LogP contribution in [-0.4, -0.2) is 64.9 Å². The van der Waals surface area contributed by atoms with Gasteiger partial charge in [0.1, 0.15) is 0 Å². The topological polar surface area (TPSA) is 60.9 Å². The number of amides is 1. The van der Waals surface area contributed by atoms with Crippen molar-refractivity contribution in [3.05, 3.63) is 64.2 Å². The minimum absolute atomic E-state index is 0.0950. The smallest absolute Gasteiger partial charge is 0.264 e. The highest BCUT2D eigenvalue weighted by Gasteiger charge is 2.25. The van der Waals surface area contributed by atoms with Crippen LogP contribution < -0.4 is 4.31 Å². The average molecular weight is 518 g/mol. The van der Waals surface area contributed by atoms with Crippen LogP contribution in [0.3, 0.4) is 0 Å². The van der Waals surface area contributed by atoms with Gasteiger partial charge in [-0.2, -0.15) is 0 Å². The first-order chi connectivity index (χ1) is 16.5. The Morgan fingerprint density at radius 2 is 1.77 bits per heavy atom. The zero-order valence-electron chi connectivity index (χ0n) is 21.3. The lowest BCUT2D eigenvalue weighted by Crippen LogP contribution is -2.33. The summed E-state index contributed by atoms with van der Waals surface area (Å²) in [4.78, 5) is 17.0. The fourth-order valence-electron chi connectivity index (χ4n) is 4.35. The molecule has 0 unspecified atom stereocenters. The molecule has 0 radical (unpaired) electrons. The number of halogens is 1. The molecule has 8 heteroatoms. The van der Waals surface area contributed by atoms with Crippen LogP contribution in [0, 0.1) is 19.8 Å². The molecule has 0 spiro atoms. The summed E-state index contributed by atoms with van der Waals surface area (Å²) in [6, 6.07) is 10.4. The molecule has 0 bridgehead atoms. The number of carbonyl (C=O) groups excluding carboxylic acids is 1. The van der Waals surface area contributed by atoms with Crippen molar-refractivity contribution >= 4 is 39.3 Å². The molecular weight excluding hydrogens is 482 g/mol. The summed E-state index contributed by atoms with van der Waals surface area (Å²) in [7, 11) is 1.67. The van der Waals surface area contributed by atoms with Gasteiger partial charge in [0.05, 0.1) is 10.6 Å². The van der Waals surface area contributed by atoms with E-state index in [0.29, 0.717) is 39.9 Å². The number of para-hydroxylation sites is 1. The first-order valence-corrected chi connectivity index (χ1v) is 13.8. The van der Waals surface area contributed by atoms with Crippen molar-refractivity contribution in [2.75, 3.05) is 45.1 Å². The lowest BCUT2D eigenvalue weighted by Gasteiger charge is -2.29. The Hall–Kier alpha value is -2.35. The van der Waals surface area contributed by atoms with Gasteiger partial charge in [-0.25, -0.2) is 8.42 Å². The standard InChI is InChI=1S/C27H36ClN3O3S/c1-20-19-26(21(2)18-24(20)28)35(33,34)31(5)25-9-7-6-8-23(25)10-11-27(32)30(4)17-14-22-12-15-29(3)16-13-22/h6-11,18-19,22H,12-17H2,1-5H3/b11-10+. The van der Waals surface area contributed by atoms with Crippen LogP contribution in [0.1, 0.15) is 36.0 Å². The number of likely N-dealkylation sites (N-methyl/N-ethyl adjacent to an activating group) is 1. The summed E-state index contributed by atoms with van der Waals surface area (Å²) >= 11 is 6.17. The van der Waals surface area contributed by atoms with E-state index in [1.54, 1.807) is 49.1 Å². The van der Waals surface area contributed by atoms with E-state index in [0.717, 1.165) is 19.5 Å². The second kappa shape index (κ2) is 11.6. The number of benzene rings is 2. The molecule has 0 atom stereocenters. The minimum atomic E-state index is -3.82. The molecule has 190 valence electrons. The Bertz CT molecular complexity index is 1190. The SMILES string of the molecule is Cc1cc(S(=O)(=O)N(C)c2ccccc2/C=C/C(=O)N(C)CCC2CCN(C)CC2)c(C)cc1Cl. The molecule has 2 aromatic carbocycles. The molecular formula is C27H36ClN3O3S. The molecule has 1 heterocycles. The van der Waals surface area contributed by atoms with Gasteiger partial charge in [-0.05, 0) is 100 Å². The van der Waals surface area contributed by atoms with Crippen LogP contribution >= 0.6 is 11.6 Å². The number of nitrogens with zero attached hydrogens (tertiary/aromatic N) is 3. The lowest BCUT2D eigenvalue weighted by atomic mass is 9.94. The summed E-state index contributed by atoms with van der Waals surface area (Å²) in [5, 5.41) is 0.533. The molecule has 6 nitrogen and oxygen atoms in total. The molecule has 2 aromatic rings. The summed E-state index contributed by atoms with van der Waals surface area (Å²) in [6.07, 6.45) is 6.56. The summed E-state index contributed by atoms with van der Waals surface area (Å²) in [5.74, 6) is 0.562. The van der Waals surface area contributed by atoms with Crippen LogP contribution in [-0.2, 0) is 14.8 Å². The third kappa shape index (κ3) is 6.66. The molecule has 0 saturated carbocycles. The van der Waals surface area contributed by atoms with Gasteiger partial charge in [-0.3, -0.25) is 9.10 Å². The quantitative estimate of drug-likeness (QED) is 0.463. The van der Waals surface area contributed by atoms with Gasteiger partial charge in [-0.1, -0.05) is 29.8 Å². The maximum atomic E-state index is 13.5. The molecule has 0 aromatic heterocycles. The molecule has 1 saturated heterocycles. The second-order valence-electron chi connectivity index (χ2n) is 9.53. The van der Waals surface area contributed by atoms with Crippen molar-refractivity contribution in [1.29, 1.82) is 0 Å².